The van der Waals surface area contributed by atoms with Crippen LogP contribution in [-0.2, 0) is 11.3 Å². The number of methoxy groups -OCH3 is 2. The highest BCUT2D eigenvalue weighted by Gasteiger charge is 2.08. The van der Waals surface area contributed by atoms with Crippen molar-refractivity contribution in [2.45, 2.75) is 13.5 Å². The van der Waals surface area contributed by atoms with E-state index in [0.29, 0.717) is 25.0 Å². The van der Waals surface area contributed by atoms with Gasteiger partial charge in [0, 0.05) is 24.9 Å². The second-order valence-electron chi connectivity index (χ2n) is 4.21. The first-order chi connectivity index (χ1) is 10.3. The first-order valence-corrected chi connectivity index (χ1v) is 6.64. The fourth-order valence-corrected chi connectivity index (χ4v) is 1.78. The van der Waals surface area contributed by atoms with E-state index >= 15 is 0 Å². The molecule has 0 saturated heterocycles. The molecule has 112 valence electrons. The summed E-state index contributed by atoms with van der Waals surface area (Å²) >= 11 is 0. The number of nitrogens with zero attached hydrogens (tertiary/aromatic N) is 3. The quantitative estimate of drug-likeness (QED) is 0.808. The van der Waals surface area contributed by atoms with Gasteiger partial charge < -0.3 is 20.1 Å². The Kier molecular flexibility index (Phi) is 5.28. The highest BCUT2D eigenvalue weighted by molar-refractivity contribution is 5.59. The highest BCUT2D eigenvalue weighted by atomic mass is 16.5. The molecule has 1 heterocycles. The zero-order chi connectivity index (χ0) is 15.1. The highest BCUT2D eigenvalue weighted by Crippen LogP contribution is 2.21. The number of nitrogens with one attached hydrogen (secondary N) is 2. The number of para-hydroxylation sites is 1. The molecule has 0 aliphatic heterocycles. The van der Waals surface area contributed by atoms with E-state index < -0.39 is 0 Å². The van der Waals surface area contributed by atoms with Crippen molar-refractivity contribution in [3.05, 3.63) is 29.8 Å². The Balaban J connectivity index is 2.28. The Morgan fingerprint density at radius 3 is 2.52 bits per heavy atom. The van der Waals surface area contributed by atoms with Crippen molar-refractivity contribution in [2.24, 2.45) is 0 Å². The summed E-state index contributed by atoms with van der Waals surface area (Å²) in [5.41, 5.74) is 1.90. The van der Waals surface area contributed by atoms with Gasteiger partial charge in [-0.2, -0.15) is 15.0 Å². The van der Waals surface area contributed by atoms with E-state index in [0.717, 1.165) is 11.3 Å². The first kappa shape index (κ1) is 15.0. The third kappa shape index (κ3) is 4.03. The molecule has 7 heteroatoms. The fraction of sp³-hybridized carbons (Fsp3) is 0.357. The molecule has 0 fully saturated rings. The van der Waals surface area contributed by atoms with Gasteiger partial charge >= 0.3 is 6.01 Å². The molecule has 2 N–H and O–H groups in total. The Hall–Kier alpha value is -2.41. The normalized spacial score (nSPS) is 10.2. The largest absolute Gasteiger partial charge is 0.467 e. The molecular formula is C14H19N5O2. The molecular weight excluding hydrogens is 270 g/mol. The standard InChI is InChI=1S/C14H19N5O2/c1-4-15-12-17-13(19-14(18-12)21-3)16-11-8-6-5-7-10(11)9-20-2/h5-8H,4,9H2,1-3H3,(H2,15,16,17,18,19). The van der Waals surface area contributed by atoms with Crippen molar-refractivity contribution < 1.29 is 9.47 Å². The monoisotopic (exact) mass is 289 g/mol. The molecule has 7 nitrogen and oxygen atoms in total. The Bertz CT molecular complexity index is 591. The van der Waals surface area contributed by atoms with Gasteiger partial charge in [0.1, 0.15) is 0 Å². The van der Waals surface area contributed by atoms with E-state index in [9.17, 15) is 0 Å². The van der Waals surface area contributed by atoms with E-state index in [1.807, 2.05) is 31.2 Å². The maximum absolute atomic E-state index is 5.18. The van der Waals surface area contributed by atoms with E-state index in [-0.39, 0.29) is 6.01 Å². The number of anilines is 3. The van der Waals surface area contributed by atoms with Crippen LogP contribution >= 0.6 is 0 Å². The summed E-state index contributed by atoms with van der Waals surface area (Å²) in [4.78, 5) is 12.6. The van der Waals surface area contributed by atoms with Crippen molar-refractivity contribution in [1.82, 2.24) is 15.0 Å². The molecule has 1 aromatic carbocycles. The molecule has 0 saturated carbocycles. The Morgan fingerprint density at radius 2 is 1.81 bits per heavy atom. The molecule has 0 unspecified atom stereocenters. The lowest BCUT2D eigenvalue weighted by atomic mass is 10.2. The van der Waals surface area contributed by atoms with E-state index in [4.69, 9.17) is 9.47 Å². The van der Waals surface area contributed by atoms with Crippen LogP contribution in [0.2, 0.25) is 0 Å². The summed E-state index contributed by atoms with van der Waals surface area (Å²) < 4.78 is 10.3. The lowest BCUT2D eigenvalue weighted by molar-refractivity contribution is 0.185. The number of benzene rings is 1. The lowest BCUT2D eigenvalue weighted by Crippen LogP contribution is -2.08. The average molecular weight is 289 g/mol. The molecule has 0 atom stereocenters. The molecule has 1 aromatic heterocycles. The molecule has 2 aromatic rings. The van der Waals surface area contributed by atoms with Crippen molar-refractivity contribution in [3.63, 3.8) is 0 Å². The number of ether oxygens (including phenoxy) is 2. The summed E-state index contributed by atoms with van der Waals surface area (Å²) in [6.07, 6.45) is 0. The van der Waals surface area contributed by atoms with Crippen molar-refractivity contribution >= 4 is 17.6 Å². The molecule has 2 rings (SSSR count). The van der Waals surface area contributed by atoms with Crippen molar-refractivity contribution in [1.29, 1.82) is 0 Å². The smallest absolute Gasteiger partial charge is 0.322 e. The second-order valence-corrected chi connectivity index (χ2v) is 4.21. The summed E-state index contributed by atoms with van der Waals surface area (Å²) in [6, 6.07) is 8.07. The minimum atomic E-state index is 0.257. The summed E-state index contributed by atoms with van der Waals surface area (Å²) in [6.45, 7) is 3.19. The van der Waals surface area contributed by atoms with Crippen LogP contribution in [0.4, 0.5) is 17.6 Å². The van der Waals surface area contributed by atoms with Gasteiger partial charge in [0.15, 0.2) is 0 Å². The lowest BCUT2D eigenvalue weighted by Gasteiger charge is -2.11. The van der Waals surface area contributed by atoms with E-state index in [2.05, 4.69) is 25.6 Å². The third-order valence-electron chi connectivity index (χ3n) is 2.70. The van der Waals surface area contributed by atoms with Gasteiger partial charge in [0.2, 0.25) is 11.9 Å². The number of hydrogen-bond donors (Lipinski definition) is 2. The van der Waals surface area contributed by atoms with Gasteiger partial charge in [0.25, 0.3) is 0 Å². The number of aromatic nitrogens is 3. The second kappa shape index (κ2) is 7.39. The zero-order valence-corrected chi connectivity index (χ0v) is 12.4. The summed E-state index contributed by atoms with van der Waals surface area (Å²) in [7, 11) is 3.18. The summed E-state index contributed by atoms with van der Waals surface area (Å²) in [5, 5.41) is 6.21. The van der Waals surface area contributed by atoms with Crippen LogP contribution in [0.15, 0.2) is 24.3 Å². The SMILES string of the molecule is CCNc1nc(Nc2ccccc2COC)nc(OC)n1. The van der Waals surface area contributed by atoms with Gasteiger partial charge in [-0.05, 0) is 13.0 Å². The molecule has 0 spiro atoms. The molecule has 0 aliphatic carbocycles. The van der Waals surface area contributed by atoms with Crippen molar-refractivity contribution in [3.8, 4) is 6.01 Å². The maximum Gasteiger partial charge on any atom is 0.322 e. The third-order valence-corrected chi connectivity index (χ3v) is 2.70. The minimum absolute atomic E-state index is 0.257. The number of hydrogen-bond acceptors (Lipinski definition) is 7. The van der Waals surface area contributed by atoms with Gasteiger partial charge in [-0.15, -0.1) is 0 Å². The van der Waals surface area contributed by atoms with Gasteiger partial charge in [-0.25, -0.2) is 0 Å². The van der Waals surface area contributed by atoms with Crippen LogP contribution in [0.1, 0.15) is 12.5 Å². The predicted molar refractivity (Wildman–Crippen MR) is 81.0 cm³/mol. The van der Waals surface area contributed by atoms with Crippen LogP contribution in [0, 0.1) is 0 Å². The topological polar surface area (TPSA) is 81.2 Å². The Morgan fingerprint density at radius 1 is 1.05 bits per heavy atom. The van der Waals surface area contributed by atoms with Crippen LogP contribution in [0.3, 0.4) is 0 Å². The zero-order valence-electron chi connectivity index (χ0n) is 12.4. The molecule has 21 heavy (non-hydrogen) atoms. The molecule has 0 amide bonds. The van der Waals surface area contributed by atoms with Crippen LogP contribution < -0.4 is 15.4 Å². The first-order valence-electron chi connectivity index (χ1n) is 6.64. The van der Waals surface area contributed by atoms with Crippen LogP contribution in [-0.4, -0.2) is 35.7 Å². The minimum Gasteiger partial charge on any atom is -0.467 e. The van der Waals surface area contributed by atoms with Crippen LogP contribution in [0.5, 0.6) is 6.01 Å². The summed E-state index contributed by atoms with van der Waals surface area (Å²) in [5.74, 6) is 0.887. The van der Waals surface area contributed by atoms with Gasteiger partial charge in [-0.1, -0.05) is 18.2 Å². The Labute approximate surface area is 123 Å². The van der Waals surface area contributed by atoms with E-state index in [1.54, 1.807) is 7.11 Å². The van der Waals surface area contributed by atoms with Gasteiger partial charge in [-0.3, -0.25) is 0 Å². The molecule has 0 aliphatic rings. The van der Waals surface area contributed by atoms with Gasteiger partial charge in [0.05, 0.1) is 13.7 Å². The molecule has 0 radical (unpaired) electrons. The maximum atomic E-state index is 5.18. The van der Waals surface area contributed by atoms with E-state index in [1.165, 1.54) is 7.11 Å². The van der Waals surface area contributed by atoms with Crippen LogP contribution in [0.25, 0.3) is 0 Å². The number of rotatable bonds is 7. The fourth-order valence-electron chi connectivity index (χ4n) is 1.78. The average Bonchev–Trinajstić information content (AvgIpc) is 2.49. The van der Waals surface area contributed by atoms with Crippen molar-refractivity contribution in [2.75, 3.05) is 31.4 Å². The predicted octanol–water partition coefficient (Wildman–Crippen LogP) is 2.20. The molecule has 0 bridgehead atoms.